The minimum Gasteiger partial charge on any atom is -0.494 e. The van der Waals surface area contributed by atoms with Gasteiger partial charge in [0, 0.05) is 43.8 Å². The summed E-state index contributed by atoms with van der Waals surface area (Å²) in [4.78, 5) is 62.3. The third kappa shape index (κ3) is 9.63. The maximum absolute atomic E-state index is 14.9. The summed E-state index contributed by atoms with van der Waals surface area (Å²) < 4.78 is 39.3. The first-order valence-corrected chi connectivity index (χ1v) is 23.5. The van der Waals surface area contributed by atoms with Crippen LogP contribution >= 0.6 is 34.2 Å². The predicted molar refractivity (Wildman–Crippen MR) is 243 cm³/mol. The van der Waals surface area contributed by atoms with Crippen molar-refractivity contribution in [2.75, 3.05) is 19.0 Å². The van der Waals surface area contributed by atoms with Gasteiger partial charge in [-0.25, -0.2) is 13.4 Å². The lowest BCUT2D eigenvalue weighted by molar-refractivity contribution is -0.141. The molecule has 5 atom stereocenters. The summed E-state index contributed by atoms with van der Waals surface area (Å²) in [6.07, 6.45) is 2.33. The SMILES string of the molecule is COc1cnc(O[C@@H]2C[C@@H](C(=O)N[C@]3(C(=O)NS(=O)(=O)C4CC4)C[C@H]3I)N(C(=O)C(Nc3ccc(C(=O)CC(C)(C)c4ccccc4)cc3)C(C)(C)C)C2)c2cc(Cl)ccc12. The molecule has 1 saturated heterocycles. The number of amides is 3. The molecule has 0 spiro atoms. The summed E-state index contributed by atoms with van der Waals surface area (Å²) in [6, 6.07) is 20.2. The topological polar surface area (TPSA) is 173 Å². The van der Waals surface area contributed by atoms with E-state index in [9.17, 15) is 27.6 Å². The van der Waals surface area contributed by atoms with Crippen LogP contribution in [0.4, 0.5) is 5.69 Å². The number of nitrogens with one attached hydrogen (secondary N) is 3. The van der Waals surface area contributed by atoms with E-state index in [0.29, 0.717) is 52.1 Å². The van der Waals surface area contributed by atoms with Crippen LogP contribution in [0.1, 0.15) is 82.6 Å². The minimum absolute atomic E-state index is 0.00545. The molecule has 1 aliphatic heterocycles. The number of benzene rings is 3. The molecule has 3 aliphatic rings. The molecule has 324 valence electrons. The number of sulfonamides is 1. The molecule has 16 heteroatoms. The van der Waals surface area contributed by atoms with E-state index in [4.69, 9.17) is 21.1 Å². The molecular formula is C45H51ClIN5O8S. The van der Waals surface area contributed by atoms with E-state index >= 15 is 0 Å². The number of nitrogens with zero attached hydrogens (tertiary/aromatic N) is 2. The second-order valence-electron chi connectivity index (χ2n) is 18.0. The Kier molecular flexibility index (Phi) is 12.4. The second-order valence-corrected chi connectivity index (χ2v) is 21.9. The Hall–Kier alpha value is -4.48. The first-order valence-electron chi connectivity index (χ1n) is 20.3. The number of rotatable bonds is 15. The van der Waals surface area contributed by atoms with Crippen molar-refractivity contribution in [2.45, 2.75) is 105 Å². The van der Waals surface area contributed by atoms with Crippen LogP contribution in [0.25, 0.3) is 10.8 Å². The zero-order valence-corrected chi connectivity index (χ0v) is 38.7. The summed E-state index contributed by atoms with van der Waals surface area (Å²) in [5.74, 6) is -1.06. The average molecular weight is 984 g/mol. The Morgan fingerprint density at radius 2 is 1.66 bits per heavy atom. The average Bonchev–Trinajstić information content (AvgIpc) is 4.13. The van der Waals surface area contributed by atoms with E-state index in [1.807, 2.05) is 87.5 Å². The summed E-state index contributed by atoms with van der Waals surface area (Å²) in [5.41, 5.74) is -0.310. The van der Waals surface area contributed by atoms with E-state index in [1.54, 1.807) is 42.5 Å². The molecule has 3 N–H and O–H groups in total. The maximum atomic E-state index is 14.9. The van der Waals surface area contributed by atoms with Gasteiger partial charge in [0.1, 0.15) is 29.5 Å². The normalized spacial score (nSPS) is 22.0. The van der Waals surface area contributed by atoms with Crippen LogP contribution in [0, 0.1) is 5.41 Å². The molecule has 0 bridgehead atoms. The van der Waals surface area contributed by atoms with Crippen LogP contribution < -0.4 is 24.8 Å². The highest BCUT2D eigenvalue weighted by atomic mass is 127. The highest BCUT2D eigenvalue weighted by Crippen LogP contribution is 2.45. The number of alkyl halides is 1. The summed E-state index contributed by atoms with van der Waals surface area (Å²) in [6.45, 7) is 9.81. The number of pyridine rings is 1. The zero-order chi connectivity index (χ0) is 44.1. The van der Waals surface area contributed by atoms with Crippen LogP contribution in [-0.2, 0) is 29.8 Å². The number of anilines is 1. The molecule has 1 unspecified atom stereocenters. The Balaban J connectivity index is 1.14. The van der Waals surface area contributed by atoms with Crippen molar-refractivity contribution in [3.8, 4) is 11.6 Å². The van der Waals surface area contributed by atoms with Gasteiger partial charge in [-0.1, -0.05) is 99.1 Å². The van der Waals surface area contributed by atoms with Gasteiger partial charge in [-0.3, -0.25) is 23.9 Å². The fraction of sp³-hybridized carbons (Fsp3) is 0.444. The van der Waals surface area contributed by atoms with Crippen molar-refractivity contribution in [1.82, 2.24) is 19.9 Å². The Morgan fingerprint density at radius 1 is 0.984 bits per heavy atom. The third-order valence-corrected chi connectivity index (χ3v) is 15.3. The van der Waals surface area contributed by atoms with E-state index in [1.165, 1.54) is 18.2 Å². The molecule has 2 saturated carbocycles. The van der Waals surface area contributed by atoms with Crippen molar-refractivity contribution in [3.63, 3.8) is 0 Å². The molecule has 2 aliphatic carbocycles. The van der Waals surface area contributed by atoms with Crippen molar-refractivity contribution < 1.29 is 37.1 Å². The van der Waals surface area contributed by atoms with E-state index in [0.717, 1.165) is 5.56 Å². The van der Waals surface area contributed by atoms with E-state index in [-0.39, 0.29) is 40.4 Å². The van der Waals surface area contributed by atoms with Crippen molar-refractivity contribution >= 4 is 84.2 Å². The third-order valence-electron chi connectivity index (χ3n) is 11.7. The Labute approximate surface area is 375 Å². The zero-order valence-electron chi connectivity index (χ0n) is 35.0. The lowest BCUT2D eigenvalue weighted by atomic mass is 9.79. The second kappa shape index (κ2) is 17.0. The minimum atomic E-state index is -3.88. The van der Waals surface area contributed by atoms with Gasteiger partial charge >= 0.3 is 0 Å². The Bertz CT molecular complexity index is 2460. The molecule has 2 heterocycles. The molecular weight excluding hydrogens is 933 g/mol. The van der Waals surface area contributed by atoms with Gasteiger partial charge in [0.25, 0.3) is 5.91 Å². The molecule has 61 heavy (non-hydrogen) atoms. The van der Waals surface area contributed by atoms with Crippen LogP contribution in [0.5, 0.6) is 11.6 Å². The van der Waals surface area contributed by atoms with Gasteiger partial charge in [-0.15, -0.1) is 0 Å². The van der Waals surface area contributed by atoms with Gasteiger partial charge in [0.05, 0.1) is 25.1 Å². The molecule has 4 aromatic rings. The van der Waals surface area contributed by atoms with Gasteiger partial charge in [0.2, 0.25) is 27.7 Å². The first kappa shape index (κ1) is 44.6. The lowest BCUT2D eigenvalue weighted by Gasteiger charge is -2.36. The van der Waals surface area contributed by atoms with Gasteiger partial charge in [0.15, 0.2) is 5.78 Å². The molecule has 3 aromatic carbocycles. The number of ether oxygens (including phenoxy) is 2. The number of Topliss-reactive ketones (excluding diaryl/α,β-unsaturated/α-hetero) is 1. The molecule has 13 nitrogen and oxygen atoms in total. The highest BCUT2D eigenvalue weighted by Gasteiger charge is 2.62. The number of aromatic nitrogens is 1. The lowest BCUT2D eigenvalue weighted by Crippen LogP contribution is -2.58. The number of halogens is 2. The predicted octanol–water partition coefficient (Wildman–Crippen LogP) is 6.99. The number of carbonyl (C=O) groups is 4. The monoisotopic (exact) mass is 983 g/mol. The molecule has 3 amide bonds. The van der Waals surface area contributed by atoms with Crippen LogP contribution in [-0.4, -0.2) is 88.4 Å². The van der Waals surface area contributed by atoms with Crippen molar-refractivity contribution in [3.05, 3.63) is 95.1 Å². The van der Waals surface area contributed by atoms with Gasteiger partial charge < -0.3 is 25.0 Å². The number of hydrogen-bond donors (Lipinski definition) is 3. The van der Waals surface area contributed by atoms with Gasteiger partial charge in [-0.05, 0) is 78.1 Å². The Morgan fingerprint density at radius 3 is 2.26 bits per heavy atom. The molecule has 7 rings (SSSR count). The maximum Gasteiger partial charge on any atom is 0.260 e. The number of likely N-dealkylation sites (tertiary alicyclic amines) is 1. The highest BCUT2D eigenvalue weighted by molar-refractivity contribution is 14.1. The van der Waals surface area contributed by atoms with E-state index in [2.05, 4.69) is 20.3 Å². The van der Waals surface area contributed by atoms with Gasteiger partial charge in [-0.2, -0.15) is 0 Å². The van der Waals surface area contributed by atoms with Crippen molar-refractivity contribution in [2.24, 2.45) is 5.41 Å². The summed E-state index contributed by atoms with van der Waals surface area (Å²) >= 11 is 8.42. The summed E-state index contributed by atoms with van der Waals surface area (Å²) in [5, 5.41) is 7.35. The number of hydrogen-bond acceptors (Lipinski definition) is 10. The summed E-state index contributed by atoms with van der Waals surface area (Å²) in [7, 11) is -2.34. The number of fused-ring (bicyclic) bond motifs is 1. The van der Waals surface area contributed by atoms with Crippen LogP contribution in [0.15, 0.2) is 79.0 Å². The fourth-order valence-corrected chi connectivity index (χ4v) is 10.5. The molecule has 1 aromatic heterocycles. The number of methoxy groups -OCH3 is 1. The quantitative estimate of drug-likeness (QED) is 0.0641. The molecule has 0 radical (unpaired) electrons. The molecule has 3 fully saturated rings. The van der Waals surface area contributed by atoms with E-state index < -0.39 is 62.1 Å². The first-order chi connectivity index (χ1) is 28.7. The number of ketones is 1. The number of carbonyl (C=O) groups excluding carboxylic acids is 4. The standard InChI is InChI=1S/C45H51ClIN5O8S/c1-43(2,3)38(49-29-15-12-26(13-16-29)35(53)22-44(4,5)27-10-8-7-9-11-27)41(55)52-25-30(60-40-33-20-28(46)14-19-32(33)36(59-6)24-48-40)21-34(52)39(54)50-45(23-37(45)47)42(56)51-61(57,58)31-17-18-31/h7-16,19-20,24,30-31,34,37-38,49H,17-18,21-23,25H2,1-6H3,(H,50,54)(H,51,56)/t30-,34+,37-,38?,45-/m1/s1. The van der Waals surface area contributed by atoms with Crippen LogP contribution in [0.3, 0.4) is 0 Å². The van der Waals surface area contributed by atoms with Crippen LogP contribution in [0.2, 0.25) is 5.02 Å². The van der Waals surface area contributed by atoms with Crippen molar-refractivity contribution in [1.29, 1.82) is 0 Å². The smallest absolute Gasteiger partial charge is 0.260 e. The largest absolute Gasteiger partial charge is 0.494 e. The fourth-order valence-electron chi connectivity index (χ4n) is 7.81.